The Morgan fingerprint density at radius 1 is 1.32 bits per heavy atom. The van der Waals surface area contributed by atoms with E-state index in [1.54, 1.807) is 0 Å². The summed E-state index contributed by atoms with van der Waals surface area (Å²) in [5.41, 5.74) is 2.70. The quantitative estimate of drug-likeness (QED) is 0.246. The second-order valence-corrected chi connectivity index (χ2v) is 6.13. The van der Waals surface area contributed by atoms with E-state index < -0.39 is 23.1 Å². The minimum absolute atomic E-state index is 0.00182. The third kappa shape index (κ3) is 4.93. The Labute approximate surface area is 175 Å². The molecule has 1 N–H and O–H groups in total. The molecule has 0 aliphatic rings. The summed E-state index contributed by atoms with van der Waals surface area (Å²) in [6.45, 7) is 0.933. The van der Waals surface area contributed by atoms with Crippen LogP contribution in [0.1, 0.15) is 11.3 Å². The van der Waals surface area contributed by atoms with Crippen molar-refractivity contribution in [1.82, 2.24) is 10.6 Å². The van der Waals surface area contributed by atoms with Crippen LogP contribution in [0.25, 0.3) is 11.3 Å². The molecule has 1 heterocycles. The molecule has 0 radical (unpaired) electrons. The van der Waals surface area contributed by atoms with Crippen molar-refractivity contribution in [3.8, 4) is 22.8 Å². The molecular formula is C19H17N5O7. The van der Waals surface area contributed by atoms with Crippen LogP contribution in [0, 0.1) is 22.2 Å². The van der Waals surface area contributed by atoms with Gasteiger partial charge in [0, 0.05) is 18.1 Å². The number of rotatable bonds is 8. The third-order valence-corrected chi connectivity index (χ3v) is 4.12. The molecule has 2 aromatic carbocycles. The molecule has 0 saturated heterocycles. The number of ether oxygens (including phenoxy) is 2. The zero-order chi connectivity index (χ0) is 22.4. The summed E-state index contributed by atoms with van der Waals surface area (Å²) in [5.74, 6) is -0.530. The molecule has 1 amide bonds. The van der Waals surface area contributed by atoms with Gasteiger partial charge in [-0.1, -0.05) is 30.3 Å². The lowest BCUT2D eigenvalue weighted by atomic mass is 10.1. The molecule has 0 bridgehead atoms. The summed E-state index contributed by atoms with van der Waals surface area (Å²) in [5, 5.41) is 30.4. The lowest BCUT2D eigenvalue weighted by Gasteiger charge is -2.11. The van der Waals surface area contributed by atoms with Crippen molar-refractivity contribution in [1.29, 1.82) is 0 Å². The Hall–Kier alpha value is -4.48. The van der Waals surface area contributed by atoms with Crippen molar-refractivity contribution < 1.29 is 28.7 Å². The van der Waals surface area contributed by atoms with Gasteiger partial charge in [0.25, 0.3) is 17.3 Å². The van der Waals surface area contributed by atoms with Crippen LogP contribution in [-0.4, -0.2) is 35.9 Å². The lowest BCUT2D eigenvalue weighted by Crippen LogP contribution is -2.25. The summed E-state index contributed by atoms with van der Waals surface area (Å²) in [7, 11) is 1.32. The molecule has 1 aromatic heterocycles. The number of carbonyl (C=O) groups is 1. The number of carbonyl (C=O) groups excluding carboxylic acids is 1. The number of hydrogen-bond donors (Lipinski definition) is 1. The smallest absolute Gasteiger partial charge is 0.285 e. The van der Waals surface area contributed by atoms with E-state index in [1.165, 1.54) is 26.3 Å². The van der Waals surface area contributed by atoms with Crippen LogP contribution in [0.2, 0.25) is 0 Å². The average Bonchev–Trinajstić information content (AvgIpc) is 3.10. The van der Waals surface area contributed by atoms with Gasteiger partial charge in [-0.15, -0.1) is 0 Å². The molecule has 0 spiro atoms. The van der Waals surface area contributed by atoms with Crippen molar-refractivity contribution in [2.24, 2.45) is 5.10 Å². The Balaban J connectivity index is 1.77. The standard InChI is InChI=1S/C19H17N5O7/c1-12-19(22-31-24(12)28)14-8-16(29-2)17(9-15(14)23(26)27)30-11-18(25)21-20-10-13-6-4-3-5-7-13/h3-10H,11H2,1-2H3,(H,21,25)/b20-10+. The molecule has 12 heteroatoms. The molecule has 31 heavy (non-hydrogen) atoms. The number of nitro groups is 1. The maximum Gasteiger partial charge on any atom is 0.285 e. The van der Waals surface area contributed by atoms with Crippen molar-refractivity contribution >= 4 is 17.8 Å². The highest BCUT2D eigenvalue weighted by molar-refractivity contribution is 5.83. The molecule has 3 aromatic rings. The molecule has 12 nitrogen and oxygen atoms in total. The Kier molecular flexibility index (Phi) is 6.40. The third-order valence-electron chi connectivity index (χ3n) is 4.12. The van der Waals surface area contributed by atoms with Crippen molar-refractivity contribution in [3.05, 3.63) is 69.0 Å². The van der Waals surface area contributed by atoms with E-state index in [1.807, 2.05) is 30.3 Å². The molecule has 0 saturated carbocycles. The molecule has 0 aliphatic carbocycles. The van der Waals surface area contributed by atoms with Crippen molar-refractivity contribution in [2.75, 3.05) is 13.7 Å². The number of benzene rings is 2. The highest BCUT2D eigenvalue weighted by Crippen LogP contribution is 2.39. The maximum absolute atomic E-state index is 12.0. The zero-order valence-electron chi connectivity index (χ0n) is 16.5. The number of hydrogen-bond acceptors (Lipinski definition) is 9. The Morgan fingerprint density at radius 2 is 2.06 bits per heavy atom. The number of methoxy groups -OCH3 is 1. The van der Waals surface area contributed by atoms with Gasteiger partial charge in [0.2, 0.25) is 5.69 Å². The van der Waals surface area contributed by atoms with Gasteiger partial charge in [-0.25, -0.2) is 5.43 Å². The van der Waals surface area contributed by atoms with Gasteiger partial charge in [-0.2, -0.15) is 5.10 Å². The fraction of sp³-hybridized carbons (Fsp3) is 0.158. The van der Waals surface area contributed by atoms with Gasteiger partial charge < -0.3 is 14.7 Å². The predicted octanol–water partition coefficient (Wildman–Crippen LogP) is 1.73. The molecule has 0 fully saturated rings. The summed E-state index contributed by atoms with van der Waals surface area (Å²) in [6, 6.07) is 11.5. The second kappa shape index (κ2) is 9.35. The number of aromatic nitrogens is 2. The average molecular weight is 427 g/mol. The first-order valence-corrected chi connectivity index (χ1v) is 8.83. The van der Waals surface area contributed by atoms with Crippen molar-refractivity contribution in [2.45, 2.75) is 6.92 Å². The fourth-order valence-corrected chi connectivity index (χ4v) is 2.59. The van der Waals surface area contributed by atoms with Crippen LogP contribution in [0.3, 0.4) is 0 Å². The van der Waals surface area contributed by atoms with Gasteiger partial charge >= 0.3 is 0 Å². The monoisotopic (exact) mass is 427 g/mol. The van der Waals surface area contributed by atoms with Gasteiger partial charge in [-0.3, -0.25) is 19.5 Å². The van der Waals surface area contributed by atoms with Gasteiger partial charge in [-0.05, 0) is 10.5 Å². The molecule has 0 aliphatic heterocycles. The van der Waals surface area contributed by atoms with E-state index in [9.17, 15) is 20.1 Å². The Morgan fingerprint density at radius 3 is 2.68 bits per heavy atom. The normalized spacial score (nSPS) is 10.8. The number of nitro benzene ring substituents is 1. The highest BCUT2D eigenvalue weighted by atomic mass is 16.8. The first-order valence-electron chi connectivity index (χ1n) is 8.83. The fourth-order valence-electron chi connectivity index (χ4n) is 2.59. The van der Waals surface area contributed by atoms with E-state index in [-0.39, 0.29) is 33.4 Å². The van der Waals surface area contributed by atoms with Crippen LogP contribution in [0.15, 0.2) is 52.2 Å². The van der Waals surface area contributed by atoms with Crippen LogP contribution in [0.4, 0.5) is 5.69 Å². The van der Waals surface area contributed by atoms with Crippen LogP contribution >= 0.6 is 0 Å². The highest BCUT2D eigenvalue weighted by Gasteiger charge is 2.29. The first kappa shape index (κ1) is 21.2. The molecule has 160 valence electrons. The zero-order valence-corrected chi connectivity index (χ0v) is 16.5. The summed E-state index contributed by atoms with van der Waals surface area (Å²) in [6.07, 6.45) is 1.46. The van der Waals surface area contributed by atoms with E-state index in [4.69, 9.17) is 9.47 Å². The van der Waals surface area contributed by atoms with Gasteiger partial charge in [0.15, 0.2) is 18.1 Å². The molecule has 0 atom stereocenters. The summed E-state index contributed by atoms with van der Waals surface area (Å²) < 4.78 is 15.1. The van der Waals surface area contributed by atoms with Crippen LogP contribution < -0.4 is 19.8 Å². The summed E-state index contributed by atoms with van der Waals surface area (Å²) >= 11 is 0. The van der Waals surface area contributed by atoms with E-state index >= 15 is 0 Å². The maximum atomic E-state index is 12.0. The summed E-state index contributed by atoms with van der Waals surface area (Å²) in [4.78, 5) is 23.0. The number of amides is 1. The Bertz CT molecular complexity index is 1130. The van der Waals surface area contributed by atoms with Crippen LogP contribution in [-0.2, 0) is 4.79 Å². The number of nitrogens with one attached hydrogen (secondary N) is 1. The van der Waals surface area contributed by atoms with E-state index in [0.717, 1.165) is 11.6 Å². The first-order chi connectivity index (χ1) is 14.9. The lowest BCUT2D eigenvalue weighted by molar-refractivity contribution is -0.806. The minimum Gasteiger partial charge on any atom is -0.493 e. The molecular weight excluding hydrogens is 410 g/mol. The van der Waals surface area contributed by atoms with E-state index in [2.05, 4.69) is 20.3 Å². The number of nitrogens with zero attached hydrogens (tertiary/aromatic N) is 4. The minimum atomic E-state index is -0.672. The largest absolute Gasteiger partial charge is 0.493 e. The SMILES string of the molecule is COc1cc(-c2no[n+]([O-])c2C)c([N+](=O)[O-])cc1OCC(=O)N/N=C/c1ccccc1. The number of hydrazone groups is 1. The van der Waals surface area contributed by atoms with Gasteiger partial charge in [0.1, 0.15) is 5.56 Å². The van der Waals surface area contributed by atoms with E-state index in [0.29, 0.717) is 0 Å². The van der Waals surface area contributed by atoms with Gasteiger partial charge in [0.05, 0.1) is 24.3 Å². The molecule has 0 unspecified atom stereocenters. The van der Waals surface area contributed by atoms with Crippen molar-refractivity contribution in [3.63, 3.8) is 0 Å². The predicted molar refractivity (Wildman–Crippen MR) is 107 cm³/mol. The second-order valence-electron chi connectivity index (χ2n) is 6.13. The molecule has 3 rings (SSSR count). The topological polar surface area (TPSA) is 156 Å². The van der Waals surface area contributed by atoms with Crippen LogP contribution in [0.5, 0.6) is 11.5 Å².